The Bertz CT molecular complexity index is 615. The molecule has 0 heterocycles. The highest BCUT2D eigenvalue weighted by molar-refractivity contribution is 9.10. The van der Waals surface area contributed by atoms with Gasteiger partial charge in [0.2, 0.25) is 0 Å². The van der Waals surface area contributed by atoms with Crippen molar-refractivity contribution in [2.24, 2.45) is 0 Å². The van der Waals surface area contributed by atoms with Crippen molar-refractivity contribution in [2.45, 2.75) is 18.3 Å². The number of carboxylic acids is 1. The molecule has 0 spiro atoms. The number of carbonyl (C=O) groups excluding carboxylic acids is 1. The average molecular weight is 290 g/mol. The summed E-state index contributed by atoms with van der Waals surface area (Å²) in [5.41, 5.74) is 0.147. The smallest absolute Gasteiger partial charge is 0.0520 e. The van der Waals surface area contributed by atoms with Crippen molar-refractivity contribution in [1.29, 1.82) is 0 Å². The second-order valence-corrected chi connectivity index (χ2v) is 5.49. The third-order valence-corrected chi connectivity index (χ3v) is 3.99. The Morgan fingerprint density at radius 1 is 1.12 bits per heavy atom. The SMILES string of the molecule is O=C([O-])C1(c2ccc3cc(Br)ccc3c2)CC1. The van der Waals surface area contributed by atoms with Crippen LogP contribution >= 0.6 is 15.9 Å². The molecule has 0 radical (unpaired) electrons. The maximum Gasteiger partial charge on any atom is 0.0520 e. The largest absolute Gasteiger partial charge is 0.549 e. The molecule has 86 valence electrons. The molecule has 0 saturated heterocycles. The number of rotatable bonds is 2. The lowest BCUT2D eigenvalue weighted by Gasteiger charge is -2.17. The second kappa shape index (κ2) is 3.57. The highest BCUT2D eigenvalue weighted by Gasteiger charge is 2.45. The predicted octanol–water partition coefficient (Wildman–Crippen LogP) is 2.38. The van der Waals surface area contributed by atoms with Gasteiger partial charge in [-0.25, -0.2) is 0 Å². The zero-order valence-electron chi connectivity index (χ0n) is 9.07. The number of halogens is 1. The van der Waals surface area contributed by atoms with Crippen LogP contribution in [0.25, 0.3) is 10.8 Å². The van der Waals surface area contributed by atoms with Gasteiger partial charge < -0.3 is 9.90 Å². The van der Waals surface area contributed by atoms with Crippen LogP contribution in [-0.2, 0) is 10.2 Å². The van der Waals surface area contributed by atoms with Crippen molar-refractivity contribution in [3.8, 4) is 0 Å². The first-order valence-corrected chi connectivity index (χ1v) is 6.32. The minimum absolute atomic E-state index is 0.692. The minimum Gasteiger partial charge on any atom is -0.549 e. The fourth-order valence-corrected chi connectivity index (χ4v) is 2.63. The lowest BCUT2D eigenvalue weighted by atomic mass is 9.94. The lowest BCUT2D eigenvalue weighted by Crippen LogP contribution is -2.35. The third kappa shape index (κ3) is 1.65. The molecule has 0 N–H and O–H groups in total. The summed E-state index contributed by atoms with van der Waals surface area (Å²) in [7, 11) is 0. The highest BCUT2D eigenvalue weighted by Crippen LogP contribution is 2.48. The summed E-state index contributed by atoms with van der Waals surface area (Å²) >= 11 is 3.42. The number of carbonyl (C=O) groups is 1. The summed E-state index contributed by atoms with van der Waals surface area (Å²) in [5, 5.41) is 13.3. The fourth-order valence-electron chi connectivity index (χ4n) is 2.25. The van der Waals surface area contributed by atoms with E-state index in [0.717, 1.165) is 20.8 Å². The molecule has 0 aromatic heterocycles. The van der Waals surface area contributed by atoms with Gasteiger partial charge in [-0.2, -0.15) is 0 Å². The van der Waals surface area contributed by atoms with Gasteiger partial charge in [0, 0.05) is 9.89 Å². The van der Waals surface area contributed by atoms with E-state index >= 15 is 0 Å². The Balaban J connectivity index is 2.15. The molecule has 0 bridgehead atoms. The van der Waals surface area contributed by atoms with Gasteiger partial charge in [-0.05, 0) is 41.3 Å². The van der Waals surface area contributed by atoms with E-state index in [2.05, 4.69) is 15.9 Å². The van der Waals surface area contributed by atoms with Crippen molar-refractivity contribution >= 4 is 32.7 Å². The quantitative estimate of drug-likeness (QED) is 0.852. The molecular weight excluding hydrogens is 280 g/mol. The standard InChI is InChI=1S/C14H11BrO2/c15-12-4-2-9-7-11(3-1-10(9)8-12)14(5-6-14)13(16)17/h1-4,7-8H,5-6H2,(H,16,17)/p-1. The van der Waals surface area contributed by atoms with Gasteiger partial charge in [-0.3, -0.25) is 0 Å². The second-order valence-electron chi connectivity index (χ2n) is 4.58. The van der Waals surface area contributed by atoms with E-state index in [1.165, 1.54) is 0 Å². The van der Waals surface area contributed by atoms with E-state index in [9.17, 15) is 9.90 Å². The predicted molar refractivity (Wildman–Crippen MR) is 67.6 cm³/mol. The van der Waals surface area contributed by atoms with Crippen molar-refractivity contribution in [1.82, 2.24) is 0 Å². The molecule has 17 heavy (non-hydrogen) atoms. The maximum absolute atomic E-state index is 11.2. The number of fused-ring (bicyclic) bond motifs is 1. The zero-order valence-corrected chi connectivity index (χ0v) is 10.7. The minimum atomic E-state index is -0.950. The van der Waals surface area contributed by atoms with Crippen LogP contribution in [0.15, 0.2) is 40.9 Å². The first-order valence-electron chi connectivity index (χ1n) is 5.53. The Labute approximate surface area is 107 Å². The van der Waals surface area contributed by atoms with Crippen molar-refractivity contribution in [3.05, 3.63) is 46.4 Å². The molecule has 1 fully saturated rings. The summed E-state index contributed by atoms with van der Waals surface area (Å²) in [6, 6.07) is 11.8. The average Bonchev–Trinajstić information content (AvgIpc) is 3.09. The van der Waals surface area contributed by atoms with E-state index < -0.39 is 11.4 Å². The van der Waals surface area contributed by atoms with Crippen LogP contribution < -0.4 is 5.11 Å². The van der Waals surface area contributed by atoms with E-state index in [1.807, 2.05) is 36.4 Å². The molecule has 0 unspecified atom stereocenters. The van der Waals surface area contributed by atoms with Gasteiger partial charge in [0.15, 0.2) is 0 Å². The summed E-state index contributed by atoms with van der Waals surface area (Å²) in [5.74, 6) is -0.950. The molecule has 1 saturated carbocycles. The molecule has 1 aliphatic rings. The van der Waals surface area contributed by atoms with Gasteiger partial charge in [-0.15, -0.1) is 0 Å². The summed E-state index contributed by atoms with van der Waals surface area (Å²) in [6.07, 6.45) is 1.38. The van der Waals surface area contributed by atoms with Gasteiger partial charge in [-0.1, -0.05) is 40.2 Å². The van der Waals surface area contributed by atoms with E-state index in [-0.39, 0.29) is 0 Å². The lowest BCUT2D eigenvalue weighted by molar-refractivity contribution is -0.309. The van der Waals surface area contributed by atoms with Gasteiger partial charge >= 0.3 is 0 Å². The molecule has 3 heteroatoms. The zero-order chi connectivity index (χ0) is 12.0. The van der Waals surface area contributed by atoms with Crippen LogP contribution in [0.1, 0.15) is 18.4 Å². The van der Waals surface area contributed by atoms with Crippen molar-refractivity contribution < 1.29 is 9.90 Å². The third-order valence-electron chi connectivity index (χ3n) is 3.50. The van der Waals surface area contributed by atoms with E-state index in [1.54, 1.807) is 0 Å². The molecule has 1 aliphatic carbocycles. The number of benzene rings is 2. The number of hydrogen-bond acceptors (Lipinski definition) is 2. The molecule has 2 aromatic rings. The van der Waals surface area contributed by atoms with Crippen molar-refractivity contribution in [3.63, 3.8) is 0 Å². The number of hydrogen-bond donors (Lipinski definition) is 0. The molecule has 0 aliphatic heterocycles. The maximum atomic E-state index is 11.2. The van der Waals surface area contributed by atoms with Gasteiger partial charge in [0.1, 0.15) is 0 Å². The van der Waals surface area contributed by atoms with E-state index in [0.29, 0.717) is 12.8 Å². The first-order chi connectivity index (χ1) is 8.12. The number of aliphatic carboxylic acids is 1. The van der Waals surface area contributed by atoms with Crippen LogP contribution in [0.4, 0.5) is 0 Å². The fraction of sp³-hybridized carbons (Fsp3) is 0.214. The van der Waals surface area contributed by atoms with Crippen LogP contribution in [0, 0.1) is 0 Å². The molecule has 2 aromatic carbocycles. The van der Waals surface area contributed by atoms with Crippen LogP contribution in [0.5, 0.6) is 0 Å². The normalized spacial score (nSPS) is 17.0. The van der Waals surface area contributed by atoms with Crippen LogP contribution in [-0.4, -0.2) is 5.97 Å². The molecule has 0 atom stereocenters. The molecule has 3 rings (SSSR count). The first kappa shape index (κ1) is 10.8. The van der Waals surface area contributed by atoms with E-state index in [4.69, 9.17) is 0 Å². The highest BCUT2D eigenvalue weighted by atomic mass is 79.9. The monoisotopic (exact) mass is 289 g/mol. The number of carboxylic acid groups (broad SMARTS) is 1. The Morgan fingerprint density at radius 2 is 1.76 bits per heavy atom. The Kier molecular flexibility index (Phi) is 2.26. The van der Waals surface area contributed by atoms with Crippen LogP contribution in [0.2, 0.25) is 0 Å². The van der Waals surface area contributed by atoms with Crippen molar-refractivity contribution in [2.75, 3.05) is 0 Å². The topological polar surface area (TPSA) is 40.1 Å². The molecular formula is C14H10BrO2-. The Morgan fingerprint density at radius 3 is 2.41 bits per heavy atom. The summed E-state index contributed by atoms with van der Waals surface area (Å²) in [6.45, 7) is 0. The summed E-state index contributed by atoms with van der Waals surface area (Å²) < 4.78 is 1.03. The molecule has 0 amide bonds. The molecule has 2 nitrogen and oxygen atoms in total. The van der Waals surface area contributed by atoms with Gasteiger partial charge in [0.05, 0.1) is 5.97 Å². The van der Waals surface area contributed by atoms with Crippen LogP contribution in [0.3, 0.4) is 0 Å². The van der Waals surface area contributed by atoms with Gasteiger partial charge in [0.25, 0.3) is 0 Å². The Hall–Kier alpha value is -1.35. The summed E-state index contributed by atoms with van der Waals surface area (Å²) in [4.78, 5) is 11.2.